The molecule has 0 radical (unpaired) electrons. The Morgan fingerprint density at radius 2 is 2.29 bits per heavy atom. The van der Waals surface area contributed by atoms with Crippen molar-refractivity contribution in [2.75, 3.05) is 11.1 Å². The first-order valence-electron chi connectivity index (χ1n) is 4.92. The normalized spacial score (nSPS) is 10.2. The predicted molar refractivity (Wildman–Crippen MR) is 62.0 cm³/mol. The van der Waals surface area contributed by atoms with Gasteiger partial charge in [0, 0.05) is 18.9 Å². The lowest BCUT2D eigenvalue weighted by Gasteiger charge is -2.06. The highest BCUT2D eigenvalue weighted by Gasteiger charge is 2.15. The van der Waals surface area contributed by atoms with Crippen LogP contribution in [0.4, 0.5) is 15.8 Å². The van der Waals surface area contributed by atoms with E-state index >= 15 is 0 Å². The average Bonchev–Trinajstić information content (AvgIpc) is 2.63. The maximum absolute atomic E-state index is 13.4. The van der Waals surface area contributed by atoms with Crippen molar-refractivity contribution in [1.29, 1.82) is 0 Å². The van der Waals surface area contributed by atoms with Crippen molar-refractivity contribution in [3.05, 3.63) is 42.0 Å². The second-order valence-corrected chi connectivity index (χ2v) is 3.56. The Balaban J connectivity index is 2.26. The molecule has 6 heteroatoms. The molecule has 5 nitrogen and oxygen atoms in total. The molecule has 2 rings (SSSR count). The number of halogens is 1. The lowest BCUT2D eigenvalue weighted by molar-refractivity contribution is 0.102. The minimum absolute atomic E-state index is 0.103. The molecule has 0 aliphatic carbocycles. The van der Waals surface area contributed by atoms with Crippen molar-refractivity contribution in [2.24, 2.45) is 7.05 Å². The summed E-state index contributed by atoms with van der Waals surface area (Å²) >= 11 is 0. The van der Waals surface area contributed by atoms with E-state index in [2.05, 4.69) is 10.4 Å². The number of nitrogens with two attached hydrogens (primary N) is 1. The Bertz CT molecular complexity index is 544. The van der Waals surface area contributed by atoms with Crippen molar-refractivity contribution in [3.8, 4) is 0 Å². The Kier molecular flexibility index (Phi) is 2.78. The number of hydrogen-bond donors (Lipinski definition) is 2. The summed E-state index contributed by atoms with van der Waals surface area (Å²) in [4.78, 5) is 11.8. The summed E-state index contributed by atoms with van der Waals surface area (Å²) in [6, 6.07) is 4.11. The quantitative estimate of drug-likeness (QED) is 0.771. The minimum atomic E-state index is -0.647. The molecule has 0 unspecified atom stereocenters. The van der Waals surface area contributed by atoms with Gasteiger partial charge in [0.1, 0.15) is 5.82 Å². The van der Waals surface area contributed by atoms with Crippen molar-refractivity contribution in [1.82, 2.24) is 9.78 Å². The van der Waals surface area contributed by atoms with Crippen LogP contribution < -0.4 is 11.1 Å². The van der Waals surface area contributed by atoms with E-state index in [1.807, 2.05) is 0 Å². The highest BCUT2D eigenvalue weighted by atomic mass is 19.1. The molecule has 0 aliphatic heterocycles. The van der Waals surface area contributed by atoms with E-state index < -0.39 is 11.7 Å². The van der Waals surface area contributed by atoms with Crippen LogP contribution in [0.3, 0.4) is 0 Å². The number of carbonyl (C=O) groups excluding carboxylic acids is 1. The molecule has 17 heavy (non-hydrogen) atoms. The fourth-order valence-corrected chi connectivity index (χ4v) is 1.46. The van der Waals surface area contributed by atoms with Crippen LogP contribution in [0.5, 0.6) is 0 Å². The van der Waals surface area contributed by atoms with E-state index in [9.17, 15) is 9.18 Å². The maximum Gasteiger partial charge on any atom is 0.260 e. The number of carbonyl (C=O) groups is 1. The standard InChI is InChI=1S/C11H11FN4O/c1-16-6-7(5-14-16)15-11(17)10-8(12)3-2-4-9(10)13/h2-6H,13H2,1H3,(H,15,17). The molecule has 1 aromatic heterocycles. The lowest BCUT2D eigenvalue weighted by atomic mass is 10.1. The molecule has 0 saturated carbocycles. The highest BCUT2D eigenvalue weighted by molar-refractivity contribution is 6.07. The van der Waals surface area contributed by atoms with Crippen LogP contribution in [0.1, 0.15) is 10.4 Å². The van der Waals surface area contributed by atoms with Gasteiger partial charge in [-0.1, -0.05) is 6.07 Å². The van der Waals surface area contributed by atoms with Gasteiger partial charge in [0.05, 0.1) is 17.4 Å². The Labute approximate surface area is 97.0 Å². The van der Waals surface area contributed by atoms with Crippen LogP contribution in [0, 0.1) is 5.82 Å². The van der Waals surface area contributed by atoms with Crippen molar-refractivity contribution >= 4 is 17.3 Å². The fraction of sp³-hybridized carbons (Fsp3) is 0.0909. The first-order valence-corrected chi connectivity index (χ1v) is 4.92. The van der Waals surface area contributed by atoms with Gasteiger partial charge < -0.3 is 11.1 Å². The monoisotopic (exact) mass is 234 g/mol. The summed E-state index contributed by atoms with van der Waals surface area (Å²) in [6.45, 7) is 0. The summed E-state index contributed by atoms with van der Waals surface area (Å²) in [7, 11) is 1.72. The van der Waals surface area contributed by atoms with E-state index in [0.29, 0.717) is 5.69 Å². The molecule has 1 amide bonds. The number of amides is 1. The van der Waals surface area contributed by atoms with Crippen molar-refractivity contribution < 1.29 is 9.18 Å². The van der Waals surface area contributed by atoms with Crippen LogP contribution in [0.25, 0.3) is 0 Å². The SMILES string of the molecule is Cn1cc(NC(=O)c2c(N)cccc2F)cn1. The van der Waals surface area contributed by atoms with Gasteiger partial charge in [0.2, 0.25) is 0 Å². The zero-order valence-electron chi connectivity index (χ0n) is 9.14. The first kappa shape index (κ1) is 11.1. The van der Waals surface area contributed by atoms with Crippen LogP contribution in [-0.4, -0.2) is 15.7 Å². The molecule has 0 bridgehead atoms. The molecule has 88 valence electrons. The third kappa shape index (κ3) is 2.25. The summed E-state index contributed by atoms with van der Waals surface area (Å²) in [6.07, 6.45) is 3.07. The van der Waals surface area contributed by atoms with E-state index in [-0.39, 0.29) is 11.3 Å². The second kappa shape index (κ2) is 4.25. The Morgan fingerprint density at radius 3 is 2.88 bits per heavy atom. The zero-order valence-corrected chi connectivity index (χ0v) is 9.14. The first-order chi connectivity index (χ1) is 8.08. The molecule has 0 aliphatic rings. The van der Waals surface area contributed by atoms with E-state index in [1.165, 1.54) is 29.1 Å². The second-order valence-electron chi connectivity index (χ2n) is 3.56. The molecule has 1 heterocycles. The highest BCUT2D eigenvalue weighted by Crippen LogP contribution is 2.17. The number of aromatic nitrogens is 2. The number of nitrogens with zero attached hydrogens (tertiary/aromatic N) is 2. The van der Waals surface area contributed by atoms with Gasteiger partial charge >= 0.3 is 0 Å². The molecule has 3 N–H and O–H groups in total. The van der Waals surface area contributed by atoms with Gasteiger partial charge in [0.15, 0.2) is 0 Å². The van der Waals surface area contributed by atoms with Gasteiger partial charge in [-0.25, -0.2) is 4.39 Å². The van der Waals surface area contributed by atoms with Gasteiger partial charge in [-0.3, -0.25) is 9.48 Å². The number of benzene rings is 1. The van der Waals surface area contributed by atoms with Crippen molar-refractivity contribution in [2.45, 2.75) is 0 Å². The molecule has 0 spiro atoms. The van der Waals surface area contributed by atoms with Crippen LogP contribution in [0.2, 0.25) is 0 Å². The molecule has 1 aromatic carbocycles. The molecule has 2 aromatic rings. The largest absolute Gasteiger partial charge is 0.398 e. The minimum Gasteiger partial charge on any atom is -0.398 e. The smallest absolute Gasteiger partial charge is 0.260 e. The van der Waals surface area contributed by atoms with Crippen molar-refractivity contribution in [3.63, 3.8) is 0 Å². The summed E-state index contributed by atoms with van der Waals surface area (Å²) in [5, 5.41) is 6.40. The number of nitrogens with one attached hydrogen (secondary N) is 1. The van der Waals surface area contributed by atoms with E-state index in [0.717, 1.165) is 0 Å². The summed E-state index contributed by atoms with van der Waals surface area (Å²) < 4.78 is 15.0. The number of nitrogen functional groups attached to an aromatic ring is 1. The zero-order chi connectivity index (χ0) is 12.4. The summed E-state index contributed by atoms with van der Waals surface area (Å²) in [5.41, 5.74) is 5.99. The fourth-order valence-electron chi connectivity index (χ4n) is 1.46. The molecular formula is C11H11FN4O. The van der Waals surface area contributed by atoms with Gasteiger partial charge in [-0.2, -0.15) is 5.10 Å². The number of rotatable bonds is 2. The van der Waals surface area contributed by atoms with Crippen LogP contribution >= 0.6 is 0 Å². The number of hydrogen-bond acceptors (Lipinski definition) is 3. The third-order valence-electron chi connectivity index (χ3n) is 2.24. The van der Waals surface area contributed by atoms with Gasteiger partial charge in [0.25, 0.3) is 5.91 Å². The molecule has 0 fully saturated rings. The topological polar surface area (TPSA) is 72.9 Å². The van der Waals surface area contributed by atoms with Gasteiger partial charge in [-0.15, -0.1) is 0 Å². The lowest BCUT2D eigenvalue weighted by Crippen LogP contribution is -2.15. The van der Waals surface area contributed by atoms with Crippen LogP contribution in [0.15, 0.2) is 30.6 Å². The number of anilines is 2. The number of aryl methyl sites for hydroxylation is 1. The van der Waals surface area contributed by atoms with E-state index in [4.69, 9.17) is 5.73 Å². The maximum atomic E-state index is 13.4. The predicted octanol–water partition coefficient (Wildman–Crippen LogP) is 1.39. The summed E-state index contributed by atoms with van der Waals surface area (Å²) in [5.74, 6) is -1.24. The Hall–Kier alpha value is -2.37. The van der Waals surface area contributed by atoms with Gasteiger partial charge in [-0.05, 0) is 12.1 Å². The van der Waals surface area contributed by atoms with Crippen LogP contribution in [-0.2, 0) is 7.05 Å². The Morgan fingerprint density at radius 1 is 1.53 bits per heavy atom. The average molecular weight is 234 g/mol. The van der Waals surface area contributed by atoms with E-state index in [1.54, 1.807) is 13.2 Å². The molecular weight excluding hydrogens is 223 g/mol. The molecule has 0 atom stereocenters. The third-order valence-corrected chi connectivity index (χ3v) is 2.24. The molecule has 0 saturated heterocycles.